The highest BCUT2D eigenvalue weighted by atomic mass is 32.2. The first-order valence-corrected chi connectivity index (χ1v) is 14.4. The zero-order valence-corrected chi connectivity index (χ0v) is 22.4. The number of sulfonamides is 1. The van der Waals surface area contributed by atoms with Crippen LogP contribution in [0.15, 0.2) is 65.7 Å². The Morgan fingerprint density at radius 3 is 2.53 bits per heavy atom. The van der Waals surface area contributed by atoms with Gasteiger partial charge in [-0.25, -0.2) is 18.4 Å². The molecule has 1 aliphatic heterocycles. The fourth-order valence-corrected chi connectivity index (χ4v) is 6.71. The van der Waals surface area contributed by atoms with Gasteiger partial charge >= 0.3 is 6.03 Å². The Hall–Kier alpha value is -3.69. The van der Waals surface area contributed by atoms with Crippen molar-refractivity contribution in [1.82, 2.24) is 15.1 Å². The van der Waals surface area contributed by atoms with E-state index in [1.54, 1.807) is 12.1 Å². The minimum absolute atomic E-state index is 0.0235. The van der Waals surface area contributed by atoms with Gasteiger partial charge in [-0.3, -0.25) is 9.58 Å². The molecule has 2 amide bonds. The largest absolute Gasteiger partial charge is 0.334 e. The molecule has 1 spiro atoms. The van der Waals surface area contributed by atoms with Crippen LogP contribution in [0.25, 0.3) is 22.0 Å². The van der Waals surface area contributed by atoms with E-state index in [4.69, 9.17) is 5.14 Å². The maximum Gasteiger partial charge on any atom is 0.322 e. The van der Waals surface area contributed by atoms with Crippen molar-refractivity contribution in [1.29, 1.82) is 0 Å². The molecule has 3 aromatic carbocycles. The molecule has 0 bridgehead atoms. The molecule has 2 aliphatic rings. The van der Waals surface area contributed by atoms with Crippen LogP contribution in [-0.4, -0.2) is 30.8 Å². The van der Waals surface area contributed by atoms with Crippen LogP contribution in [0.2, 0.25) is 0 Å². The summed E-state index contributed by atoms with van der Waals surface area (Å²) in [5.74, 6) is 0. The van der Waals surface area contributed by atoms with Gasteiger partial charge in [-0.15, -0.1) is 0 Å². The van der Waals surface area contributed by atoms with E-state index in [1.165, 1.54) is 28.8 Å². The highest BCUT2D eigenvalue weighted by Gasteiger charge is 2.46. The van der Waals surface area contributed by atoms with Crippen LogP contribution in [0.5, 0.6) is 0 Å². The van der Waals surface area contributed by atoms with Crippen molar-refractivity contribution >= 4 is 32.6 Å². The standard InChI is InChI=1S/C29H31N5O3S/c1-19-13-22-17-32-33(2)27(22)15-24(19)21-7-10-26-25(14-21)29(11-3-4-12-29)18-34(26)28(35)31-16-20-5-8-23(9-6-20)38(30,36)37/h5-10,13-15,17H,3-4,11-12,16,18H2,1-2H3,(H,31,35)(H2,30,36,37). The number of urea groups is 1. The number of anilines is 1. The summed E-state index contributed by atoms with van der Waals surface area (Å²) in [6, 6.07) is 17.0. The highest BCUT2D eigenvalue weighted by Crippen LogP contribution is 2.51. The van der Waals surface area contributed by atoms with Gasteiger partial charge in [0, 0.05) is 36.6 Å². The first-order chi connectivity index (χ1) is 18.1. The van der Waals surface area contributed by atoms with Gasteiger partial charge in [0.25, 0.3) is 0 Å². The number of amides is 2. The highest BCUT2D eigenvalue weighted by molar-refractivity contribution is 7.89. The molecule has 3 N–H and O–H groups in total. The van der Waals surface area contributed by atoms with Crippen molar-refractivity contribution in [2.45, 2.75) is 49.5 Å². The van der Waals surface area contributed by atoms with E-state index in [0.29, 0.717) is 13.1 Å². The Kier molecular flexibility index (Phi) is 5.81. The lowest BCUT2D eigenvalue weighted by Crippen LogP contribution is -2.41. The minimum Gasteiger partial charge on any atom is -0.334 e. The van der Waals surface area contributed by atoms with Gasteiger partial charge in [0.2, 0.25) is 10.0 Å². The topological polar surface area (TPSA) is 110 Å². The second-order valence-corrected chi connectivity index (χ2v) is 12.2. The maximum absolute atomic E-state index is 13.4. The van der Waals surface area contributed by atoms with Gasteiger partial charge in [-0.2, -0.15) is 5.10 Å². The number of hydrogen-bond donors (Lipinski definition) is 2. The third-order valence-corrected chi connectivity index (χ3v) is 9.15. The number of benzene rings is 3. The average Bonchev–Trinajstić information content (AvgIpc) is 3.60. The molecule has 1 saturated carbocycles. The monoisotopic (exact) mass is 529 g/mol. The molecule has 1 fully saturated rings. The number of nitrogens with one attached hydrogen (secondary N) is 1. The van der Waals surface area contributed by atoms with Crippen LogP contribution in [0.3, 0.4) is 0 Å². The van der Waals surface area contributed by atoms with E-state index in [9.17, 15) is 13.2 Å². The smallest absolute Gasteiger partial charge is 0.322 e. The molecule has 2 heterocycles. The molecular formula is C29H31N5O3S. The second kappa shape index (κ2) is 8.96. The van der Waals surface area contributed by atoms with Crippen molar-refractivity contribution < 1.29 is 13.2 Å². The normalized spacial score (nSPS) is 16.3. The average molecular weight is 530 g/mol. The molecule has 9 heteroatoms. The number of carbonyl (C=O) groups is 1. The summed E-state index contributed by atoms with van der Waals surface area (Å²) in [5, 5.41) is 13.7. The van der Waals surface area contributed by atoms with E-state index in [1.807, 2.05) is 22.8 Å². The summed E-state index contributed by atoms with van der Waals surface area (Å²) in [6.07, 6.45) is 6.36. The second-order valence-electron chi connectivity index (χ2n) is 10.6. The lowest BCUT2D eigenvalue weighted by Gasteiger charge is -2.25. The summed E-state index contributed by atoms with van der Waals surface area (Å²) in [7, 11) is -1.79. The number of nitrogens with zero attached hydrogens (tertiary/aromatic N) is 3. The molecule has 8 nitrogen and oxygen atoms in total. The van der Waals surface area contributed by atoms with Crippen LogP contribution in [0.1, 0.15) is 42.4 Å². The summed E-state index contributed by atoms with van der Waals surface area (Å²) in [4.78, 5) is 15.3. The molecule has 1 aromatic heterocycles. The van der Waals surface area contributed by atoms with Gasteiger partial charge < -0.3 is 5.32 Å². The Bertz CT molecular complexity index is 1670. The van der Waals surface area contributed by atoms with Gasteiger partial charge in [-0.1, -0.05) is 31.0 Å². The lowest BCUT2D eigenvalue weighted by molar-refractivity contribution is 0.245. The number of primary sulfonamides is 1. The van der Waals surface area contributed by atoms with E-state index in [-0.39, 0.29) is 16.3 Å². The van der Waals surface area contributed by atoms with Crippen LogP contribution in [0, 0.1) is 6.92 Å². The minimum atomic E-state index is -3.75. The molecular weight excluding hydrogens is 498 g/mol. The van der Waals surface area contributed by atoms with Gasteiger partial charge in [0.1, 0.15) is 0 Å². The molecule has 1 aliphatic carbocycles. The van der Waals surface area contributed by atoms with Gasteiger partial charge in [-0.05, 0) is 84.0 Å². The summed E-state index contributed by atoms with van der Waals surface area (Å²) >= 11 is 0. The zero-order valence-electron chi connectivity index (χ0n) is 21.6. The molecule has 0 unspecified atom stereocenters. The van der Waals surface area contributed by atoms with Crippen molar-refractivity contribution in [3.63, 3.8) is 0 Å². The number of hydrogen-bond acceptors (Lipinski definition) is 4. The van der Waals surface area contributed by atoms with Gasteiger partial charge in [0.15, 0.2) is 0 Å². The summed E-state index contributed by atoms with van der Waals surface area (Å²) in [5.41, 5.74) is 7.64. The van der Waals surface area contributed by atoms with Crippen molar-refractivity contribution in [3.8, 4) is 11.1 Å². The Morgan fingerprint density at radius 1 is 1.08 bits per heavy atom. The molecule has 38 heavy (non-hydrogen) atoms. The lowest BCUT2D eigenvalue weighted by atomic mass is 9.79. The number of nitrogens with two attached hydrogens (primary N) is 1. The number of aromatic nitrogens is 2. The van der Waals surface area contributed by atoms with Crippen molar-refractivity contribution in [2.75, 3.05) is 11.4 Å². The van der Waals surface area contributed by atoms with Crippen LogP contribution < -0.4 is 15.4 Å². The molecule has 6 rings (SSSR count). The number of rotatable bonds is 4. The third kappa shape index (κ3) is 4.16. The number of carbonyl (C=O) groups excluding carboxylic acids is 1. The SMILES string of the molecule is Cc1cc2cnn(C)c2cc1-c1ccc2c(c1)C1(CCCC1)CN2C(=O)NCc1ccc(S(N)(=O)=O)cc1. The van der Waals surface area contributed by atoms with Crippen LogP contribution >= 0.6 is 0 Å². The van der Waals surface area contributed by atoms with Crippen molar-refractivity contribution in [2.24, 2.45) is 12.2 Å². The molecule has 0 radical (unpaired) electrons. The molecule has 0 saturated heterocycles. The van der Waals surface area contributed by atoms with Crippen molar-refractivity contribution in [3.05, 3.63) is 77.5 Å². The molecule has 196 valence electrons. The van der Waals surface area contributed by atoms with E-state index in [2.05, 4.69) is 47.7 Å². The summed E-state index contributed by atoms with van der Waals surface area (Å²) < 4.78 is 24.9. The van der Waals surface area contributed by atoms with Gasteiger partial charge in [0.05, 0.1) is 16.6 Å². The first-order valence-electron chi connectivity index (χ1n) is 12.9. The predicted molar refractivity (Wildman–Crippen MR) is 148 cm³/mol. The Labute approximate surface area is 222 Å². The summed E-state index contributed by atoms with van der Waals surface area (Å²) in [6.45, 7) is 3.10. The number of fused-ring (bicyclic) bond motifs is 3. The third-order valence-electron chi connectivity index (χ3n) is 8.22. The molecule has 4 aromatic rings. The van der Waals surface area contributed by atoms with E-state index >= 15 is 0 Å². The predicted octanol–water partition coefficient (Wildman–Crippen LogP) is 4.74. The van der Waals surface area contributed by atoms with Crippen LogP contribution in [-0.2, 0) is 29.0 Å². The van der Waals surface area contributed by atoms with E-state index in [0.717, 1.165) is 53.4 Å². The maximum atomic E-state index is 13.4. The Balaban J connectivity index is 1.29. The fourth-order valence-electron chi connectivity index (χ4n) is 6.19. The first kappa shape index (κ1) is 24.6. The van der Waals surface area contributed by atoms with E-state index < -0.39 is 10.0 Å². The number of aryl methyl sites for hydroxylation is 2. The zero-order chi connectivity index (χ0) is 26.7. The quantitative estimate of drug-likeness (QED) is 0.398. The Morgan fingerprint density at radius 2 is 1.82 bits per heavy atom. The fraction of sp³-hybridized carbons (Fsp3) is 0.310. The molecule has 0 atom stereocenters. The van der Waals surface area contributed by atoms with Crippen LogP contribution in [0.4, 0.5) is 10.5 Å².